The van der Waals surface area contributed by atoms with Crippen molar-refractivity contribution in [1.82, 2.24) is 0 Å². The Hall–Kier alpha value is -4.61. The highest BCUT2D eigenvalue weighted by Crippen LogP contribution is 2.27. The average molecular weight is 640 g/mol. The minimum Gasteiger partial charge on any atom is -0.453 e. The number of hydrogen-bond donors (Lipinski definition) is 0. The molecule has 5 rings (SSSR count). The van der Waals surface area contributed by atoms with Crippen LogP contribution in [0.3, 0.4) is 0 Å². The van der Waals surface area contributed by atoms with Crippen LogP contribution in [0.5, 0.6) is 0 Å². The molecule has 0 spiro atoms. The maximum Gasteiger partial charge on any atom is 0.300 e. The lowest BCUT2D eigenvalue weighted by Gasteiger charge is -2.30. The molecule has 0 aromatic heterocycles. The number of hydrogen-bond acceptors (Lipinski definition) is 4. The molecule has 5 heteroatoms. The van der Waals surface area contributed by atoms with E-state index < -0.39 is 8.32 Å². The minimum absolute atomic E-state index is 0.857. The van der Waals surface area contributed by atoms with Crippen LogP contribution in [0.1, 0.15) is 55.5 Å². The predicted molar refractivity (Wildman–Crippen MR) is 203 cm³/mol. The third-order valence-corrected chi connectivity index (χ3v) is 12.6. The summed E-state index contributed by atoms with van der Waals surface area (Å²) in [6.45, 7) is 12.7. The monoisotopic (exact) mass is 639 g/mol. The van der Waals surface area contributed by atoms with E-state index in [0.29, 0.717) is 0 Å². The van der Waals surface area contributed by atoms with Crippen molar-refractivity contribution in [2.75, 3.05) is 36.0 Å². The Morgan fingerprint density at radius 1 is 0.468 bits per heavy atom. The van der Waals surface area contributed by atoms with Crippen LogP contribution in [-0.4, -0.2) is 40.2 Å². The molecule has 0 heterocycles. The van der Waals surface area contributed by atoms with Gasteiger partial charge in [0.2, 0.25) is 0 Å². The van der Waals surface area contributed by atoms with E-state index in [1.165, 1.54) is 28.1 Å². The van der Waals surface area contributed by atoms with Crippen molar-refractivity contribution in [2.45, 2.75) is 45.8 Å². The second-order valence-corrected chi connectivity index (χ2v) is 15.7. The van der Waals surface area contributed by atoms with E-state index in [1.807, 2.05) is 0 Å². The molecule has 0 bridgehead atoms. The third-order valence-electron chi connectivity index (χ3n) is 8.98. The Morgan fingerprint density at radius 2 is 0.787 bits per heavy atom. The molecule has 5 aromatic rings. The summed E-state index contributed by atoms with van der Waals surface area (Å²) < 4.78 is 7.16. The van der Waals surface area contributed by atoms with Gasteiger partial charge >= 0.3 is 0 Å². The van der Waals surface area contributed by atoms with Gasteiger partial charge in [-0.05, 0) is 68.7 Å². The lowest BCUT2D eigenvalue weighted by Crippen LogP contribution is -2.46. The summed E-state index contributed by atoms with van der Waals surface area (Å²) in [5.41, 5.74) is 9.28. The van der Waals surface area contributed by atoms with E-state index in [9.17, 15) is 0 Å². The van der Waals surface area contributed by atoms with Crippen molar-refractivity contribution in [1.29, 1.82) is 0 Å². The molecule has 0 unspecified atom stereocenters. The second-order valence-electron chi connectivity index (χ2n) is 12.1. The Kier molecular flexibility index (Phi) is 12.1. The first kappa shape index (κ1) is 33.7. The van der Waals surface area contributed by atoms with Crippen molar-refractivity contribution >= 4 is 25.4 Å². The normalized spacial score (nSPS) is 11.1. The van der Waals surface area contributed by atoms with Crippen LogP contribution in [0.4, 0.5) is 11.4 Å². The number of nitrogens with zero attached hydrogens (tertiary/aromatic N) is 3. The summed E-state index contributed by atoms with van der Waals surface area (Å²) in [6, 6.07) is 52.6. The summed E-state index contributed by atoms with van der Waals surface area (Å²) >= 11 is 0. The number of rotatable bonds is 16. The van der Waals surface area contributed by atoms with Gasteiger partial charge in [0, 0.05) is 66.8 Å². The molecule has 0 amide bonds. The SMILES string of the molecule is CCN(CC)c1ccc(C(=NO[Si](Cc2ccccc2)(Cc2ccccc2)Cc2ccccc2)c2ccc(N(CC)CC)cc2)cc1. The van der Waals surface area contributed by atoms with Crippen LogP contribution in [0.25, 0.3) is 0 Å². The first-order valence-electron chi connectivity index (χ1n) is 17.1. The maximum absolute atomic E-state index is 7.16. The van der Waals surface area contributed by atoms with Gasteiger partial charge in [-0.1, -0.05) is 115 Å². The predicted octanol–water partition coefficient (Wildman–Crippen LogP) is 9.44. The Bertz CT molecular complexity index is 1490. The van der Waals surface area contributed by atoms with Crippen LogP contribution in [0, 0.1) is 0 Å². The molecule has 0 aliphatic heterocycles. The third kappa shape index (κ3) is 9.02. The lowest BCUT2D eigenvalue weighted by molar-refractivity contribution is 0.317. The maximum atomic E-state index is 7.16. The van der Waals surface area contributed by atoms with Crippen LogP contribution in [-0.2, 0) is 22.7 Å². The van der Waals surface area contributed by atoms with E-state index in [1.54, 1.807) is 0 Å². The van der Waals surface area contributed by atoms with E-state index in [0.717, 1.165) is 61.1 Å². The summed E-state index contributed by atoms with van der Waals surface area (Å²) in [4.78, 5) is 4.74. The summed E-state index contributed by atoms with van der Waals surface area (Å²) in [7, 11) is -2.63. The van der Waals surface area contributed by atoms with E-state index >= 15 is 0 Å². The standard InChI is InChI=1S/C42H49N3OSi/c1-5-44(6-2)40-28-24-38(25-29-40)42(39-26-30-41(31-27-39)45(7-3)8-4)43-46-47(32-35-18-12-9-13-19-35,33-36-20-14-10-15-21-36)34-37-22-16-11-17-23-37/h9-31H,5-8,32-34H2,1-4H3. The largest absolute Gasteiger partial charge is 0.453 e. The van der Waals surface area contributed by atoms with E-state index in [2.05, 4.69) is 177 Å². The smallest absolute Gasteiger partial charge is 0.300 e. The van der Waals surface area contributed by atoms with Crippen LogP contribution in [0.15, 0.2) is 145 Å². The first-order valence-corrected chi connectivity index (χ1v) is 19.7. The van der Waals surface area contributed by atoms with E-state index in [-0.39, 0.29) is 0 Å². The molecule has 0 atom stereocenters. The molecule has 0 N–H and O–H groups in total. The molecule has 0 fully saturated rings. The second kappa shape index (κ2) is 16.8. The average Bonchev–Trinajstić information content (AvgIpc) is 3.12. The van der Waals surface area contributed by atoms with Gasteiger partial charge in [-0.2, -0.15) is 0 Å². The fourth-order valence-electron chi connectivity index (χ4n) is 6.44. The topological polar surface area (TPSA) is 28.1 Å². The molecule has 0 radical (unpaired) electrons. The van der Waals surface area contributed by atoms with Gasteiger partial charge in [0.15, 0.2) is 0 Å². The van der Waals surface area contributed by atoms with Crippen LogP contribution >= 0.6 is 0 Å². The van der Waals surface area contributed by atoms with Crippen LogP contribution < -0.4 is 9.80 Å². The van der Waals surface area contributed by atoms with Crippen molar-refractivity contribution in [3.63, 3.8) is 0 Å². The zero-order valence-electron chi connectivity index (χ0n) is 28.5. The van der Waals surface area contributed by atoms with Gasteiger partial charge in [0.25, 0.3) is 8.32 Å². The van der Waals surface area contributed by atoms with Crippen molar-refractivity contribution in [3.8, 4) is 0 Å². The van der Waals surface area contributed by atoms with Gasteiger partial charge in [0.05, 0.1) is 0 Å². The van der Waals surface area contributed by atoms with Crippen molar-refractivity contribution in [2.24, 2.45) is 5.16 Å². The number of oxime groups is 1. The van der Waals surface area contributed by atoms with Crippen LogP contribution in [0.2, 0.25) is 0 Å². The van der Waals surface area contributed by atoms with Gasteiger partial charge in [-0.25, -0.2) is 0 Å². The molecule has 47 heavy (non-hydrogen) atoms. The Morgan fingerprint density at radius 3 is 1.09 bits per heavy atom. The van der Waals surface area contributed by atoms with Gasteiger partial charge in [0.1, 0.15) is 5.71 Å². The fraction of sp³-hybridized carbons (Fsp3) is 0.262. The van der Waals surface area contributed by atoms with Crippen molar-refractivity contribution < 1.29 is 4.53 Å². The Balaban J connectivity index is 1.62. The molecular weight excluding hydrogens is 591 g/mol. The molecule has 5 aromatic carbocycles. The molecule has 4 nitrogen and oxygen atoms in total. The van der Waals surface area contributed by atoms with Crippen molar-refractivity contribution in [3.05, 3.63) is 167 Å². The summed E-state index contributed by atoms with van der Waals surface area (Å²) in [6.07, 6.45) is 0. The zero-order valence-corrected chi connectivity index (χ0v) is 29.5. The minimum atomic E-state index is -2.63. The highest BCUT2D eigenvalue weighted by molar-refractivity contribution is 6.72. The first-order chi connectivity index (χ1) is 23.1. The lowest BCUT2D eigenvalue weighted by atomic mass is 10.0. The summed E-state index contributed by atoms with van der Waals surface area (Å²) in [5, 5.41) is 5.21. The number of benzene rings is 5. The fourth-order valence-corrected chi connectivity index (χ4v) is 10.2. The molecule has 0 aliphatic rings. The molecule has 242 valence electrons. The highest BCUT2D eigenvalue weighted by Gasteiger charge is 2.39. The highest BCUT2D eigenvalue weighted by atomic mass is 28.4. The van der Waals surface area contributed by atoms with Gasteiger partial charge in [-0.3, -0.25) is 0 Å². The number of anilines is 2. The van der Waals surface area contributed by atoms with Gasteiger partial charge < -0.3 is 14.3 Å². The molecule has 0 saturated heterocycles. The molecule has 0 aliphatic carbocycles. The molecule has 0 saturated carbocycles. The van der Waals surface area contributed by atoms with E-state index in [4.69, 9.17) is 9.68 Å². The quantitative estimate of drug-likeness (QED) is 0.0612. The Labute approximate surface area is 283 Å². The summed E-state index contributed by atoms with van der Waals surface area (Å²) in [5.74, 6) is 0. The zero-order chi connectivity index (χ0) is 32.9. The van der Waals surface area contributed by atoms with Gasteiger partial charge in [-0.15, -0.1) is 5.16 Å². The molecular formula is C42H49N3OSi.